The first-order valence-electron chi connectivity index (χ1n) is 6.31. The summed E-state index contributed by atoms with van der Waals surface area (Å²) in [6, 6.07) is 0. The average Bonchev–Trinajstić information content (AvgIpc) is 2.33. The summed E-state index contributed by atoms with van der Waals surface area (Å²) in [5.74, 6) is 1.74. The van der Waals surface area contributed by atoms with Crippen LogP contribution >= 0.6 is 11.6 Å². The predicted octanol–water partition coefficient (Wildman–Crippen LogP) is 1.49. The summed E-state index contributed by atoms with van der Waals surface area (Å²) in [7, 11) is 0. The molecule has 0 amide bonds. The molecule has 0 spiro atoms. The zero-order chi connectivity index (χ0) is 13.1. The lowest BCUT2D eigenvalue weighted by Crippen LogP contribution is -2.47. The summed E-state index contributed by atoms with van der Waals surface area (Å²) >= 11 is 6.11. The zero-order valence-corrected chi connectivity index (χ0v) is 11.7. The van der Waals surface area contributed by atoms with Crippen molar-refractivity contribution in [3.05, 3.63) is 11.2 Å². The van der Waals surface area contributed by atoms with Crippen LogP contribution in [0.3, 0.4) is 0 Å². The average molecular weight is 270 g/mol. The quantitative estimate of drug-likeness (QED) is 0.901. The topological polar surface area (TPSA) is 58.3 Å². The fraction of sp³-hybridized carbons (Fsp3) is 0.667. The van der Waals surface area contributed by atoms with Gasteiger partial charge in [0, 0.05) is 32.7 Å². The fourth-order valence-corrected chi connectivity index (χ4v) is 2.46. The predicted molar refractivity (Wildman–Crippen MR) is 74.9 cm³/mol. The normalized spacial score (nSPS) is 17.4. The van der Waals surface area contributed by atoms with Crippen LogP contribution < -0.4 is 10.6 Å². The number of nitrogens with two attached hydrogens (primary N) is 1. The molecule has 18 heavy (non-hydrogen) atoms. The first kappa shape index (κ1) is 13.4. The number of halogens is 1. The highest BCUT2D eigenvalue weighted by Crippen LogP contribution is 2.24. The maximum atomic E-state index is 6.11. The molecule has 2 N–H and O–H groups in total. The fourth-order valence-electron chi connectivity index (χ4n) is 2.25. The van der Waals surface area contributed by atoms with E-state index in [0.29, 0.717) is 10.9 Å². The first-order valence-corrected chi connectivity index (χ1v) is 6.69. The number of hydrogen-bond acceptors (Lipinski definition) is 5. The Bertz CT molecular complexity index is 401. The molecule has 6 heteroatoms. The van der Waals surface area contributed by atoms with Crippen molar-refractivity contribution >= 4 is 23.4 Å². The minimum absolute atomic E-state index is 0.277. The van der Waals surface area contributed by atoms with Gasteiger partial charge in [-0.05, 0) is 5.92 Å². The summed E-state index contributed by atoms with van der Waals surface area (Å²) in [5.41, 5.74) is 5.61. The number of hydrogen-bond donors (Lipinski definition) is 1. The molecule has 2 heterocycles. The van der Waals surface area contributed by atoms with Gasteiger partial charge in [0.2, 0.25) is 5.95 Å². The maximum Gasteiger partial charge on any atom is 0.222 e. The Morgan fingerprint density at radius 3 is 2.61 bits per heavy atom. The molecule has 1 fully saturated rings. The van der Waals surface area contributed by atoms with Crippen molar-refractivity contribution in [2.45, 2.75) is 13.8 Å². The number of rotatable bonds is 3. The molecule has 0 bridgehead atoms. The van der Waals surface area contributed by atoms with E-state index < -0.39 is 0 Å². The van der Waals surface area contributed by atoms with E-state index in [1.807, 2.05) is 0 Å². The van der Waals surface area contributed by atoms with Crippen LogP contribution in [0.15, 0.2) is 6.20 Å². The van der Waals surface area contributed by atoms with Gasteiger partial charge in [-0.15, -0.1) is 0 Å². The van der Waals surface area contributed by atoms with E-state index in [1.165, 1.54) is 0 Å². The molecular weight excluding hydrogens is 250 g/mol. The van der Waals surface area contributed by atoms with Gasteiger partial charge in [-0.2, -0.15) is 4.98 Å². The molecular formula is C12H20ClN5. The highest BCUT2D eigenvalue weighted by atomic mass is 35.5. The van der Waals surface area contributed by atoms with E-state index in [4.69, 9.17) is 17.3 Å². The van der Waals surface area contributed by atoms with E-state index in [9.17, 15) is 0 Å². The first-order chi connectivity index (χ1) is 8.56. The molecule has 1 aliphatic rings. The van der Waals surface area contributed by atoms with Crippen molar-refractivity contribution in [1.82, 2.24) is 14.9 Å². The van der Waals surface area contributed by atoms with Crippen molar-refractivity contribution in [3.8, 4) is 0 Å². The summed E-state index contributed by atoms with van der Waals surface area (Å²) in [4.78, 5) is 12.8. The molecule has 100 valence electrons. The van der Waals surface area contributed by atoms with Crippen LogP contribution in [0.1, 0.15) is 13.8 Å². The van der Waals surface area contributed by atoms with Crippen molar-refractivity contribution in [2.75, 3.05) is 43.4 Å². The number of nitrogen functional groups attached to an aromatic ring is 1. The van der Waals surface area contributed by atoms with E-state index in [1.54, 1.807) is 6.20 Å². The third-order valence-corrected chi connectivity index (χ3v) is 3.31. The Balaban J connectivity index is 1.99. The second kappa shape index (κ2) is 5.71. The van der Waals surface area contributed by atoms with Gasteiger partial charge in [-0.25, -0.2) is 4.98 Å². The number of anilines is 2. The van der Waals surface area contributed by atoms with Crippen LogP contribution in [0.25, 0.3) is 0 Å². The van der Waals surface area contributed by atoms with Crippen LogP contribution in [0.2, 0.25) is 5.02 Å². The summed E-state index contributed by atoms with van der Waals surface area (Å²) in [5, 5.41) is 0.571. The molecule has 0 radical (unpaired) electrons. The Kier molecular flexibility index (Phi) is 4.24. The Morgan fingerprint density at radius 1 is 1.33 bits per heavy atom. The Morgan fingerprint density at radius 2 is 2.00 bits per heavy atom. The molecule has 5 nitrogen and oxygen atoms in total. The summed E-state index contributed by atoms with van der Waals surface area (Å²) < 4.78 is 0. The minimum atomic E-state index is 0.277. The third-order valence-electron chi connectivity index (χ3n) is 3.04. The lowest BCUT2D eigenvalue weighted by atomic mass is 10.2. The van der Waals surface area contributed by atoms with Crippen LogP contribution in [-0.2, 0) is 0 Å². The van der Waals surface area contributed by atoms with Gasteiger partial charge in [-0.3, -0.25) is 4.90 Å². The lowest BCUT2D eigenvalue weighted by molar-refractivity contribution is 0.231. The van der Waals surface area contributed by atoms with Gasteiger partial charge in [0.15, 0.2) is 5.82 Å². The van der Waals surface area contributed by atoms with Gasteiger partial charge in [-0.1, -0.05) is 25.4 Å². The smallest absolute Gasteiger partial charge is 0.222 e. The second-order valence-corrected chi connectivity index (χ2v) is 5.49. The van der Waals surface area contributed by atoms with Crippen molar-refractivity contribution in [2.24, 2.45) is 5.92 Å². The molecule has 0 aliphatic carbocycles. The molecule has 0 aromatic carbocycles. The SMILES string of the molecule is CC(C)CN1CCN(c2nc(N)ncc2Cl)CC1. The third kappa shape index (κ3) is 3.23. The summed E-state index contributed by atoms with van der Waals surface area (Å²) in [6.45, 7) is 9.58. The van der Waals surface area contributed by atoms with Gasteiger partial charge in [0.25, 0.3) is 0 Å². The van der Waals surface area contributed by atoms with Crippen LogP contribution in [-0.4, -0.2) is 47.6 Å². The van der Waals surface area contributed by atoms with Gasteiger partial charge < -0.3 is 10.6 Å². The molecule has 0 unspecified atom stereocenters. The maximum absolute atomic E-state index is 6.11. The Labute approximate surface area is 113 Å². The number of nitrogens with zero attached hydrogens (tertiary/aromatic N) is 4. The van der Waals surface area contributed by atoms with E-state index in [0.717, 1.165) is 38.5 Å². The largest absolute Gasteiger partial charge is 0.368 e. The van der Waals surface area contributed by atoms with E-state index >= 15 is 0 Å². The highest BCUT2D eigenvalue weighted by molar-refractivity contribution is 6.32. The molecule has 2 rings (SSSR count). The number of aromatic nitrogens is 2. The molecule has 1 aliphatic heterocycles. The lowest BCUT2D eigenvalue weighted by Gasteiger charge is -2.36. The van der Waals surface area contributed by atoms with Gasteiger partial charge >= 0.3 is 0 Å². The van der Waals surface area contributed by atoms with E-state index in [2.05, 4.69) is 33.6 Å². The van der Waals surface area contributed by atoms with Crippen LogP contribution in [0.4, 0.5) is 11.8 Å². The van der Waals surface area contributed by atoms with Gasteiger partial charge in [0.1, 0.15) is 5.02 Å². The van der Waals surface area contributed by atoms with Crippen LogP contribution in [0, 0.1) is 5.92 Å². The minimum Gasteiger partial charge on any atom is -0.368 e. The van der Waals surface area contributed by atoms with Gasteiger partial charge in [0.05, 0.1) is 6.20 Å². The molecule has 1 aromatic rings. The van der Waals surface area contributed by atoms with E-state index in [-0.39, 0.29) is 5.95 Å². The molecule has 1 saturated heterocycles. The molecule has 0 saturated carbocycles. The van der Waals surface area contributed by atoms with Crippen molar-refractivity contribution in [1.29, 1.82) is 0 Å². The molecule has 0 atom stereocenters. The highest BCUT2D eigenvalue weighted by Gasteiger charge is 2.20. The Hall–Kier alpha value is -1.07. The molecule has 1 aromatic heterocycles. The van der Waals surface area contributed by atoms with Crippen molar-refractivity contribution in [3.63, 3.8) is 0 Å². The second-order valence-electron chi connectivity index (χ2n) is 5.08. The number of piperazine rings is 1. The van der Waals surface area contributed by atoms with Crippen molar-refractivity contribution < 1.29 is 0 Å². The summed E-state index contributed by atoms with van der Waals surface area (Å²) in [6.07, 6.45) is 1.57. The zero-order valence-electron chi connectivity index (χ0n) is 10.9. The van der Waals surface area contributed by atoms with Crippen LogP contribution in [0.5, 0.6) is 0 Å². The monoisotopic (exact) mass is 269 g/mol. The standard InChI is InChI=1S/C12H20ClN5/c1-9(2)8-17-3-5-18(6-4-17)11-10(13)7-15-12(14)16-11/h7,9H,3-6,8H2,1-2H3,(H2,14,15,16).